The van der Waals surface area contributed by atoms with Crippen LogP contribution >= 0.6 is 0 Å². The Bertz CT molecular complexity index is 760. The van der Waals surface area contributed by atoms with Crippen molar-refractivity contribution < 1.29 is 9.21 Å². The summed E-state index contributed by atoms with van der Waals surface area (Å²) in [6.07, 6.45) is 1.63. The monoisotopic (exact) mass is 281 g/mol. The summed E-state index contributed by atoms with van der Waals surface area (Å²) in [6, 6.07) is 11.1. The van der Waals surface area contributed by atoms with Crippen molar-refractivity contribution in [3.05, 3.63) is 42.6 Å². The summed E-state index contributed by atoms with van der Waals surface area (Å²) in [6.45, 7) is 3.66. The number of carbonyl (C=O) groups is 1. The van der Waals surface area contributed by atoms with Crippen LogP contribution in [0.4, 0.5) is 5.82 Å². The molecule has 0 atom stereocenters. The molecule has 1 aromatic carbocycles. The third-order valence-corrected chi connectivity index (χ3v) is 3.10. The second kappa shape index (κ2) is 5.36. The number of hydrogen-bond donors (Lipinski definition) is 1. The van der Waals surface area contributed by atoms with E-state index in [1.54, 1.807) is 12.3 Å². The number of pyridine rings is 1. The van der Waals surface area contributed by atoms with E-state index in [0.717, 1.165) is 5.52 Å². The molecule has 0 saturated carbocycles. The second-order valence-electron chi connectivity index (χ2n) is 5.03. The zero-order valence-corrected chi connectivity index (χ0v) is 11.8. The fourth-order valence-corrected chi connectivity index (χ4v) is 1.93. The number of nitrogens with one attached hydrogen (secondary N) is 1. The molecule has 106 valence electrons. The molecule has 1 amide bonds. The number of aromatic nitrogens is 2. The van der Waals surface area contributed by atoms with Gasteiger partial charge in [-0.3, -0.25) is 4.79 Å². The third-order valence-electron chi connectivity index (χ3n) is 3.10. The minimum absolute atomic E-state index is 0.0916. The van der Waals surface area contributed by atoms with Crippen molar-refractivity contribution >= 4 is 22.8 Å². The van der Waals surface area contributed by atoms with Crippen LogP contribution in [-0.2, 0) is 4.79 Å². The molecule has 5 nitrogen and oxygen atoms in total. The molecule has 0 aliphatic carbocycles. The van der Waals surface area contributed by atoms with Gasteiger partial charge in [-0.15, -0.1) is 0 Å². The van der Waals surface area contributed by atoms with Gasteiger partial charge in [-0.1, -0.05) is 26.0 Å². The molecule has 2 aromatic heterocycles. The Morgan fingerprint density at radius 3 is 2.76 bits per heavy atom. The molecule has 0 unspecified atom stereocenters. The molecule has 0 spiro atoms. The Morgan fingerprint density at radius 1 is 1.19 bits per heavy atom. The number of fused-ring (bicyclic) bond motifs is 1. The van der Waals surface area contributed by atoms with E-state index in [-0.39, 0.29) is 11.8 Å². The van der Waals surface area contributed by atoms with E-state index < -0.39 is 0 Å². The number of carbonyl (C=O) groups excluding carboxylic acids is 1. The summed E-state index contributed by atoms with van der Waals surface area (Å²) < 4.78 is 5.73. The van der Waals surface area contributed by atoms with Crippen LogP contribution < -0.4 is 5.32 Å². The summed E-state index contributed by atoms with van der Waals surface area (Å²) >= 11 is 0. The molecular weight excluding hydrogens is 266 g/mol. The van der Waals surface area contributed by atoms with Crippen LogP contribution in [0.3, 0.4) is 0 Å². The van der Waals surface area contributed by atoms with Gasteiger partial charge in [0.1, 0.15) is 11.3 Å². The van der Waals surface area contributed by atoms with Gasteiger partial charge >= 0.3 is 0 Å². The number of amides is 1. The number of benzene rings is 1. The molecule has 0 bridgehead atoms. The molecule has 0 aliphatic rings. The van der Waals surface area contributed by atoms with Gasteiger partial charge in [-0.05, 0) is 24.3 Å². The number of anilines is 1. The number of rotatable bonds is 3. The number of hydrogen-bond acceptors (Lipinski definition) is 4. The van der Waals surface area contributed by atoms with Crippen molar-refractivity contribution in [1.82, 2.24) is 9.97 Å². The summed E-state index contributed by atoms with van der Waals surface area (Å²) in [5.74, 6) is 0.695. The van der Waals surface area contributed by atoms with Crippen molar-refractivity contribution in [2.45, 2.75) is 13.8 Å². The highest BCUT2D eigenvalue weighted by molar-refractivity contribution is 5.94. The van der Waals surface area contributed by atoms with Crippen molar-refractivity contribution in [1.29, 1.82) is 0 Å². The average Bonchev–Trinajstić information content (AvgIpc) is 2.91. The fraction of sp³-hybridized carbons (Fsp3) is 0.188. The minimum Gasteiger partial charge on any atom is -0.436 e. The van der Waals surface area contributed by atoms with E-state index in [2.05, 4.69) is 15.3 Å². The lowest BCUT2D eigenvalue weighted by molar-refractivity contribution is -0.118. The molecule has 5 heteroatoms. The van der Waals surface area contributed by atoms with Crippen molar-refractivity contribution in [3.8, 4) is 11.5 Å². The van der Waals surface area contributed by atoms with E-state index in [9.17, 15) is 4.79 Å². The molecule has 0 aliphatic heterocycles. The first kappa shape index (κ1) is 13.3. The zero-order chi connectivity index (χ0) is 14.8. The largest absolute Gasteiger partial charge is 0.436 e. The topological polar surface area (TPSA) is 68.0 Å². The van der Waals surface area contributed by atoms with Gasteiger partial charge in [0.15, 0.2) is 5.58 Å². The Labute approximate surface area is 122 Å². The molecular formula is C16H15N3O2. The Hall–Kier alpha value is -2.69. The van der Waals surface area contributed by atoms with Crippen LogP contribution in [-0.4, -0.2) is 15.9 Å². The standard InChI is InChI=1S/C16H15N3O2/c1-10(2)15(20)19-14-11(6-5-9-17-14)16-18-12-7-3-4-8-13(12)21-16/h3-10H,1-2H3,(H,17,19,20). The lowest BCUT2D eigenvalue weighted by atomic mass is 10.2. The second-order valence-corrected chi connectivity index (χ2v) is 5.03. The van der Waals surface area contributed by atoms with Gasteiger partial charge < -0.3 is 9.73 Å². The van der Waals surface area contributed by atoms with Gasteiger partial charge in [0.25, 0.3) is 0 Å². The molecule has 1 N–H and O–H groups in total. The van der Waals surface area contributed by atoms with Crippen molar-refractivity contribution in [3.63, 3.8) is 0 Å². The van der Waals surface area contributed by atoms with E-state index in [1.807, 2.05) is 44.2 Å². The van der Waals surface area contributed by atoms with Gasteiger partial charge in [-0.25, -0.2) is 9.97 Å². The molecule has 0 radical (unpaired) electrons. The number of oxazole rings is 1. The smallest absolute Gasteiger partial charge is 0.231 e. The fourth-order valence-electron chi connectivity index (χ4n) is 1.93. The summed E-state index contributed by atoms with van der Waals surface area (Å²) in [4.78, 5) is 20.5. The Balaban J connectivity index is 2.03. The third kappa shape index (κ3) is 2.63. The first-order chi connectivity index (χ1) is 10.1. The maximum Gasteiger partial charge on any atom is 0.231 e. The molecule has 3 rings (SSSR count). The maximum atomic E-state index is 11.9. The highest BCUT2D eigenvalue weighted by Gasteiger charge is 2.16. The normalized spacial score (nSPS) is 11.0. The predicted octanol–water partition coefficient (Wildman–Crippen LogP) is 3.48. The van der Waals surface area contributed by atoms with E-state index in [1.165, 1.54) is 0 Å². The maximum absolute atomic E-state index is 11.9. The Morgan fingerprint density at radius 2 is 2.00 bits per heavy atom. The van der Waals surface area contributed by atoms with Crippen LogP contribution in [0.2, 0.25) is 0 Å². The zero-order valence-electron chi connectivity index (χ0n) is 11.8. The van der Waals surface area contributed by atoms with Crippen LogP contribution in [0.1, 0.15) is 13.8 Å². The summed E-state index contributed by atoms with van der Waals surface area (Å²) in [5.41, 5.74) is 2.15. The van der Waals surface area contributed by atoms with E-state index in [0.29, 0.717) is 22.9 Å². The molecule has 2 heterocycles. The predicted molar refractivity (Wildman–Crippen MR) is 80.7 cm³/mol. The highest BCUT2D eigenvalue weighted by Crippen LogP contribution is 2.28. The quantitative estimate of drug-likeness (QED) is 0.798. The van der Waals surface area contributed by atoms with Crippen molar-refractivity contribution in [2.75, 3.05) is 5.32 Å². The van der Waals surface area contributed by atoms with Crippen molar-refractivity contribution in [2.24, 2.45) is 5.92 Å². The van der Waals surface area contributed by atoms with Gasteiger partial charge in [0.2, 0.25) is 11.8 Å². The number of nitrogens with zero attached hydrogens (tertiary/aromatic N) is 2. The first-order valence-electron chi connectivity index (χ1n) is 6.77. The lowest BCUT2D eigenvalue weighted by Gasteiger charge is -2.09. The molecule has 21 heavy (non-hydrogen) atoms. The first-order valence-corrected chi connectivity index (χ1v) is 6.77. The van der Waals surface area contributed by atoms with E-state index in [4.69, 9.17) is 4.42 Å². The van der Waals surface area contributed by atoms with Crippen LogP contribution in [0, 0.1) is 5.92 Å². The van der Waals surface area contributed by atoms with Crippen LogP contribution in [0.5, 0.6) is 0 Å². The molecule has 3 aromatic rings. The van der Waals surface area contributed by atoms with E-state index >= 15 is 0 Å². The highest BCUT2D eigenvalue weighted by atomic mass is 16.3. The number of para-hydroxylation sites is 2. The van der Waals surface area contributed by atoms with Gasteiger partial charge in [0, 0.05) is 12.1 Å². The van der Waals surface area contributed by atoms with Crippen LogP contribution in [0.15, 0.2) is 47.0 Å². The van der Waals surface area contributed by atoms with Gasteiger partial charge in [0.05, 0.1) is 5.56 Å². The SMILES string of the molecule is CC(C)C(=O)Nc1ncccc1-c1nc2ccccc2o1. The lowest BCUT2D eigenvalue weighted by Crippen LogP contribution is -2.19. The summed E-state index contributed by atoms with van der Waals surface area (Å²) in [5, 5.41) is 2.80. The Kier molecular flexibility index (Phi) is 3.39. The van der Waals surface area contributed by atoms with Crippen LogP contribution in [0.25, 0.3) is 22.6 Å². The average molecular weight is 281 g/mol. The molecule has 0 saturated heterocycles. The summed E-state index contributed by atoms with van der Waals surface area (Å²) in [7, 11) is 0. The van der Waals surface area contributed by atoms with Gasteiger partial charge in [-0.2, -0.15) is 0 Å². The molecule has 0 fully saturated rings. The minimum atomic E-state index is -0.122.